The lowest BCUT2D eigenvalue weighted by Crippen LogP contribution is -2.43. The maximum Gasteiger partial charge on any atom is 0.254 e. The lowest BCUT2D eigenvalue weighted by Gasteiger charge is -2.32. The summed E-state index contributed by atoms with van der Waals surface area (Å²) in [5, 5.41) is 12.2. The Balaban J connectivity index is 1.84. The molecule has 0 amide bonds. The number of ketones is 1. The van der Waals surface area contributed by atoms with E-state index >= 15 is 0 Å². The van der Waals surface area contributed by atoms with E-state index < -0.39 is 5.60 Å². The van der Waals surface area contributed by atoms with Gasteiger partial charge in [0.2, 0.25) is 0 Å². The van der Waals surface area contributed by atoms with Crippen molar-refractivity contribution in [3.8, 4) is 11.4 Å². The maximum atomic E-state index is 13.3. The molecule has 5 rings (SSSR count). The zero-order valence-electron chi connectivity index (χ0n) is 17.0. The molecule has 5 heteroatoms. The average molecular weight is 388 g/mol. The molecular weight excluding hydrogens is 364 g/mol. The van der Waals surface area contributed by atoms with Crippen LogP contribution < -0.4 is 5.56 Å². The van der Waals surface area contributed by atoms with Gasteiger partial charge in [-0.25, -0.2) is 4.98 Å². The molecule has 148 valence electrons. The minimum Gasteiger partial charge on any atom is -0.377 e. The molecule has 3 heterocycles. The van der Waals surface area contributed by atoms with Crippen molar-refractivity contribution in [3.05, 3.63) is 62.4 Å². The van der Waals surface area contributed by atoms with Gasteiger partial charge >= 0.3 is 0 Å². The van der Waals surface area contributed by atoms with Crippen molar-refractivity contribution in [1.29, 1.82) is 0 Å². The Bertz CT molecular complexity index is 1270. The van der Waals surface area contributed by atoms with Crippen LogP contribution in [0.2, 0.25) is 0 Å². The first-order chi connectivity index (χ1) is 13.9. The number of pyridine rings is 2. The third-order valence-corrected chi connectivity index (χ3v) is 6.69. The Morgan fingerprint density at radius 1 is 1.14 bits per heavy atom. The smallest absolute Gasteiger partial charge is 0.254 e. The van der Waals surface area contributed by atoms with E-state index in [1.807, 2.05) is 18.2 Å². The molecule has 0 bridgehead atoms. The van der Waals surface area contributed by atoms with Crippen LogP contribution in [0, 0.1) is 6.92 Å². The summed E-state index contributed by atoms with van der Waals surface area (Å²) in [6.45, 7) is 6.48. The Labute approximate surface area is 169 Å². The minimum atomic E-state index is -1.58. The monoisotopic (exact) mass is 388 g/mol. The van der Waals surface area contributed by atoms with Gasteiger partial charge in [0.05, 0.1) is 23.4 Å². The zero-order valence-corrected chi connectivity index (χ0v) is 17.0. The number of benzene rings is 1. The maximum absolute atomic E-state index is 13.3. The highest BCUT2D eigenvalue weighted by atomic mass is 16.3. The highest BCUT2D eigenvalue weighted by Gasteiger charge is 2.43. The predicted octanol–water partition coefficient (Wildman–Crippen LogP) is 3.41. The highest BCUT2D eigenvalue weighted by Crippen LogP contribution is 2.40. The number of Topliss-reactive ketones (excluding diaryl/α,β-unsaturated/α-hetero) is 1. The van der Waals surface area contributed by atoms with Gasteiger partial charge in [-0.2, -0.15) is 0 Å². The molecule has 0 saturated heterocycles. The summed E-state index contributed by atoms with van der Waals surface area (Å²) in [4.78, 5) is 30.7. The fraction of sp³-hybridized carbons (Fsp3) is 0.375. The van der Waals surface area contributed by atoms with E-state index in [1.165, 1.54) is 11.1 Å². The number of nitrogens with zero attached hydrogens (tertiary/aromatic N) is 2. The third-order valence-electron chi connectivity index (χ3n) is 6.69. The number of rotatable bonds is 2. The largest absolute Gasteiger partial charge is 0.377 e. The summed E-state index contributed by atoms with van der Waals surface area (Å²) in [7, 11) is 0. The standard InChI is InChI=1S/C24H24N2O3/c1-4-14-16-10-13(3)6-8-19(16)25-22-17(14)12-26-20(22)11-18-15(23(26)28)7-9-21(27)24(18,29)5-2/h6,8,10-11,29H,4-5,7,9,12H2,1-3H3/t24-/m0/s1. The number of aliphatic hydroxyl groups is 1. The quantitative estimate of drug-likeness (QED) is 0.571. The van der Waals surface area contributed by atoms with Crippen LogP contribution in [-0.2, 0) is 29.8 Å². The van der Waals surface area contributed by atoms with E-state index in [9.17, 15) is 14.7 Å². The van der Waals surface area contributed by atoms with Gasteiger partial charge in [0.1, 0.15) is 5.60 Å². The number of hydrogen-bond acceptors (Lipinski definition) is 4. The SMILES string of the molecule is CCc1c2c(nc3ccc(C)cc13)-c1cc3c(c(=O)n1C2)CCC(=O)[C@]3(O)CC. The van der Waals surface area contributed by atoms with Crippen LogP contribution in [0.1, 0.15) is 54.5 Å². The van der Waals surface area contributed by atoms with E-state index in [0.29, 0.717) is 29.8 Å². The number of aryl methyl sites for hydroxylation is 2. The summed E-state index contributed by atoms with van der Waals surface area (Å²) >= 11 is 0. The first kappa shape index (κ1) is 18.3. The molecule has 1 N–H and O–H groups in total. The Morgan fingerprint density at radius 2 is 1.93 bits per heavy atom. The number of aromatic nitrogens is 2. The molecule has 1 aliphatic carbocycles. The van der Waals surface area contributed by atoms with E-state index in [1.54, 1.807) is 11.5 Å². The second-order valence-corrected chi connectivity index (χ2v) is 8.24. The average Bonchev–Trinajstić information content (AvgIpc) is 3.08. The molecule has 1 aliphatic heterocycles. The lowest BCUT2D eigenvalue weighted by atomic mass is 9.77. The van der Waals surface area contributed by atoms with Gasteiger partial charge in [-0.3, -0.25) is 9.59 Å². The molecule has 0 saturated carbocycles. The Morgan fingerprint density at radius 3 is 2.66 bits per heavy atom. The summed E-state index contributed by atoms with van der Waals surface area (Å²) in [5.74, 6) is -0.203. The van der Waals surface area contributed by atoms with Crippen LogP contribution in [0.15, 0.2) is 29.1 Å². The van der Waals surface area contributed by atoms with Crippen molar-refractivity contribution in [2.75, 3.05) is 0 Å². The fourth-order valence-corrected chi connectivity index (χ4v) is 5.06. The van der Waals surface area contributed by atoms with Gasteiger partial charge < -0.3 is 9.67 Å². The number of carbonyl (C=O) groups is 1. The molecule has 29 heavy (non-hydrogen) atoms. The molecular formula is C24H24N2O3. The zero-order chi connectivity index (χ0) is 20.5. The van der Waals surface area contributed by atoms with E-state index in [-0.39, 0.29) is 24.2 Å². The topological polar surface area (TPSA) is 72.2 Å². The molecule has 2 aromatic heterocycles. The molecule has 3 aromatic rings. The minimum absolute atomic E-state index is 0.0998. The van der Waals surface area contributed by atoms with Gasteiger partial charge in [0.25, 0.3) is 5.56 Å². The van der Waals surface area contributed by atoms with E-state index in [0.717, 1.165) is 28.6 Å². The number of carbonyl (C=O) groups excluding carboxylic acids is 1. The Kier molecular flexibility index (Phi) is 3.84. The van der Waals surface area contributed by atoms with Crippen LogP contribution in [-0.4, -0.2) is 20.4 Å². The molecule has 0 fully saturated rings. The highest BCUT2D eigenvalue weighted by molar-refractivity contribution is 5.92. The molecule has 5 nitrogen and oxygen atoms in total. The molecule has 0 spiro atoms. The fourth-order valence-electron chi connectivity index (χ4n) is 5.06. The molecule has 1 atom stereocenters. The van der Waals surface area contributed by atoms with E-state index in [2.05, 4.69) is 19.9 Å². The third kappa shape index (κ3) is 2.34. The van der Waals surface area contributed by atoms with Gasteiger partial charge in [0.15, 0.2) is 5.78 Å². The first-order valence-corrected chi connectivity index (χ1v) is 10.3. The second kappa shape index (κ2) is 6.10. The predicted molar refractivity (Wildman–Crippen MR) is 112 cm³/mol. The second-order valence-electron chi connectivity index (χ2n) is 8.24. The number of fused-ring (bicyclic) bond motifs is 5. The van der Waals surface area contributed by atoms with Crippen molar-refractivity contribution >= 4 is 16.7 Å². The van der Waals surface area contributed by atoms with Gasteiger partial charge in [-0.05, 0) is 49.9 Å². The van der Waals surface area contributed by atoms with Crippen LogP contribution in [0.3, 0.4) is 0 Å². The lowest BCUT2D eigenvalue weighted by molar-refractivity contribution is -0.140. The van der Waals surface area contributed by atoms with Crippen molar-refractivity contribution in [2.24, 2.45) is 0 Å². The van der Waals surface area contributed by atoms with Crippen molar-refractivity contribution in [2.45, 2.75) is 58.6 Å². The van der Waals surface area contributed by atoms with Crippen LogP contribution in [0.4, 0.5) is 0 Å². The van der Waals surface area contributed by atoms with Crippen molar-refractivity contribution in [3.63, 3.8) is 0 Å². The molecule has 1 aromatic carbocycles. The van der Waals surface area contributed by atoms with Crippen LogP contribution >= 0.6 is 0 Å². The van der Waals surface area contributed by atoms with Gasteiger partial charge in [-0.1, -0.05) is 25.5 Å². The molecule has 2 aliphatic rings. The molecule has 0 radical (unpaired) electrons. The summed E-state index contributed by atoms with van der Waals surface area (Å²) in [6.07, 6.45) is 1.71. The van der Waals surface area contributed by atoms with Crippen LogP contribution in [0.5, 0.6) is 0 Å². The van der Waals surface area contributed by atoms with Crippen LogP contribution in [0.25, 0.3) is 22.3 Å². The summed E-state index contributed by atoms with van der Waals surface area (Å²) in [5.41, 5.74) is 5.28. The first-order valence-electron chi connectivity index (χ1n) is 10.3. The van der Waals surface area contributed by atoms with Gasteiger partial charge in [-0.15, -0.1) is 0 Å². The van der Waals surface area contributed by atoms with Gasteiger partial charge in [0, 0.05) is 28.5 Å². The van der Waals surface area contributed by atoms with E-state index in [4.69, 9.17) is 4.98 Å². The van der Waals surface area contributed by atoms with Crippen molar-refractivity contribution in [1.82, 2.24) is 9.55 Å². The summed E-state index contributed by atoms with van der Waals surface area (Å²) < 4.78 is 1.77. The molecule has 0 unspecified atom stereocenters. The Hall–Kier alpha value is -2.79. The number of hydrogen-bond donors (Lipinski definition) is 1. The summed E-state index contributed by atoms with van der Waals surface area (Å²) in [6, 6.07) is 8.07. The normalized spacial score (nSPS) is 19.9. The van der Waals surface area contributed by atoms with Crippen molar-refractivity contribution < 1.29 is 9.90 Å².